The van der Waals surface area contributed by atoms with Crippen LogP contribution < -0.4 is 16.2 Å². The normalized spacial score (nSPS) is 15.3. The molecule has 7 heteroatoms. The van der Waals surface area contributed by atoms with Gasteiger partial charge in [-0.25, -0.2) is 0 Å². The van der Waals surface area contributed by atoms with Crippen molar-refractivity contribution in [1.82, 2.24) is 20.1 Å². The smallest absolute Gasteiger partial charge is 0.258 e. The number of carbonyl (C=O) groups excluding carboxylic acids is 2. The number of benzene rings is 2. The van der Waals surface area contributed by atoms with Crippen molar-refractivity contribution in [1.29, 1.82) is 0 Å². The third kappa shape index (κ3) is 5.36. The molecule has 5 rings (SSSR count). The van der Waals surface area contributed by atoms with Crippen LogP contribution in [0.1, 0.15) is 52.0 Å². The fourth-order valence-corrected chi connectivity index (χ4v) is 4.51. The van der Waals surface area contributed by atoms with Crippen LogP contribution in [0.5, 0.6) is 0 Å². The number of carbonyl (C=O) groups is 2. The Morgan fingerprint density at radius 3 is 2.47 bits per heavy atom. The van der Waals surface area contributed by atoms with Gasteiger partial charge in [0.2, 0.25) is 0 Å². The third-order valence-corrected chi connectivity index (χ3v) is 7.05. The van der Waals surface area contributed by atoms with Crippen LogP contribution in [-0.2, 0) is 6.54 Å². The number of nitrogens with one attached hydrogen (secondary N) is 2. The summed E-state index contributed by atoms with van der Waals surface area (Å²) < 4.78 is 1.70. The van der Waals surface area contributed by atoms with Gasteiger partial charge >= 0.3 is 0 Å². The zero-order valence-electron chi connectivity index (χ0n) is 21.3. The molecule has 2 aromatic carbocycles. The molecule has 7 nitrogen and oxygen atoms in total. The highest BCUT2D eigenvalue weighted by Gasteiger charge is 2.25. The van der Waals surface area contributed by atoms with Crippen LogP contribution in [0.3, 0.4) is 0 Å². The zero-order valence-corrected chi connectivity index (χ0v) is 21.3. The fraction of sp³-hybridized carbons (Fsp3) is 0.414. The summed E-state index contributed by atoms with van der Waals surface area (Å²) in [5, 5.41) is 7.23. The van der Waals surface area contributed by atoms with E-state index in [2.05, 4.69) is 10.6 Å². The number of nitrogens with zero attached hydrogens (tertiary/aromatic N) is 2. The maximum atomic E-state index is 13.3. The first-order chi connectivity index (χ1) is 17.3. The van der Waals surface area contributed by atoms with Crippen molar-refractivity contribution in [2.24, 2.45) is 5.92 Å². The van der Waals surface area contributed by atoms with Crippen molar-refractivity contribution in [2.75, 3.05) is 27.2 Å². The molecule has 0 atom stereocenters. The van der Waals surface area contributed by atoms with Crippen LogP contribution in [0.2, 0.25) is 0 Å². The van der Waals surface area contributed by atoms with E-state index in [4.69, 9.17) is 0 Å². The second-order valence-corrected chi connectivity index (χ2v) is 10.5. The van der Waals surface area contributed by atoms with E-state index >= 15 is 0 Å². The van der Waals surface area contributed by atoms with E-state index in [1.54, 1.807) is 10.8 Å². The molecule has 2 N–H and O–H groups in total. The Hall–Kier alpha value is -3.45. The molecule has 0 aliphatic heterocycles. The van der Waals surface area contributed by atoms with E-state index in [-0.39, 0.29) is 23.4 Å². The van der Waals surface area contributed by atoms with Crippen molar-refractivity contribution in [3.8, 4) is 11.1 Å². The highest BCUT2D eigenvalue weighted by atomic mass is 16.2. The number of aryl methyl sites for hydroxylation is 1. The van der Waals surface area contributed by atoms with Crippen LogP contribution in [-0.4, -0.2) is 54.5 Å². The Morgan fingerprint density at radius 1 is 1.00 bits per heavy atom. The molecule has 36 heavy (non-hydrogen) atoms. The third-order valence-electron chi connectivity index (χ3n) is 7.05. The van der Waals surface area contributed by atoms with Gasteiger partial charge in [0.05, 0.1) is 5.56 Å². The van der Waals surface area contributed by atoms with Gasteiger partial charge in [0.1, 0.15) is 0 Å². The lowest BCUT2D eigenvalue weighted by atomic mass is 9.94. The van der Waals surface area contributed by atoms with Crippen LogP contribution in [0.25, 0.3) is 21.9 Å². The first-order valence-electron chi connectivity index (χ1n) is 12.8. The molecule has 2 aliphatic rings. The van der Waals surface area contributed by atoms with Gasteiger partial charge in [-0.1, -0.05) is 12.1 Å². The summed E-state index contributed by atoms with van der Waals surface area (Å²) in [6, 6.07) is 11.6. The molecule has 2 amide bonds. The van der Waals surface area contributed by atoms with Gasteiger partial charge in [-0.15, -0.1) is 0 Å². The average Bonchev–Trinajstić information content (AvgIpc) is 3.78. The van der Waals surface area contributed by atoms with Crippen LogP contribution >= 0.6 is 0 Å². The number of rotatable bonds is 9. The Labute approximate surface area is 211 Å². The fourth-order valence-electron chi connectivity index (χ4n) is 4.51. The molecule has 0 saturated heterocycles. The van der Waals surface area contributed by atoms with Gasteiger partial charge in [0.25, 0.3) is 17.4 Å². The summed E-state index contributed by atoms with van der Waals surface area (Å²) in [4.78, 5) is 41.3. The second kappa shape index (κ2) is 9.90. The number of hydrogen-bond donors (Lipinski definition) is 2. The van der Waals surface area contributed by atoms with Crippen LogP contribution in [0.15, 0.2) is 47.4 Å². The van der Waals surface area contributed by atoms with E-state index in [0.29, 0.717) is 40.9 Å². The Morgan fingerprint density at radius 2 is 1.78 bits per heavy atom. The first kappa shape index (κ1) is 24.3. The SMILES string of the molecule is Cc1ccc(C(=O)NC2CC2)cc1-c1ccc2c(=O)n(CC3CC3)cc(C(=O)NCCN(C)C)c2c1. The molecule has 1 aromatic heterocycles. The first-order valence-corrected chi connectivity index (χ1v) is 12.8. The van der Waals surface area contributed by atoms with Crippen molar-refractivity contribution < 1.29 is 9.59 Å². The van der Waals surface area contributed by atoms with E-state index in [1.807, 2.05) is 62.3 Å². The molecule has 2 fully saturated rings. The lowest BCUT2D eigenvalue weighted by molar-refractivity contribution is 0.0943. The summed E-state index contributed by atoms with van der Waals surface area (Å²) in [6.07, 6.45) is 6.04. The Kier molecular flexibility index (Phi) is 6.67. The minimum Gasteiger partial charge on any atom is -0.351 e. The quantitative estimate of drug-likeness (QED) is 0.484. The van der Waals surface area contributed by atoms with E-state index in [1.165, 1.54) is 0 Å². The Balaban J connectivity index is 1.56. The number of hydrogen-bond acceptors (Lipinski definition) is 4. The molecule has 0 spiro atoms. The minimum absolute atomic E-state index is 0.0662. The predicted octanol–water partition coefficient (Wildman–Crippen LogP) is 3.57. The highest BCUT2D eigenvalue weighted by Crippen LogP contribution is 2.32. The van der Waals surface area contributed by atoms with E-state index in [0.717, 1.165) is 48.9 Å². The Bertz CT molecular complexity index is 1380. The second-order valence-electron chi connectivity index (χ2n) is 10.5. The molecule has 0 unspecified atom stereocenters. The standard InChI is InChI=1S/C29H34N4O3/c1-18-4-7-21(27(34)31-22-9-10-22)15-24(18)20-8-11-23-25(14-20)26(28(35)30-12-13-32(2)3)17-33(29(23)36)16-19-5-6-19/h4,7-8,11,14-15,17,19,22H,5-6,9-10,12-13,16H2,1-3H3,(H,30,35)(H,31,34). The summed E-state index contributed by atoms with van der Waals surface area (Å²) in [5.74, 6) is 0.262. The lowest BCUT2D eigenvalue weighted by Gasteiger charge is -2.15. The zero-order chi connectivity index (χ0) is 25.4. The molecule has 1 heterocycles. The lowest BCUT2D eigenvalue weighted by Crippen LogP contribution is -2.32. The number of amides is 2. The average molecular weight is 487 g/mol. The molecule has 2 aliphatic carbocycles. The maximum Gasteiger partial charge on any atom is 0.258 e. The number of likely N-dealkylation sites (N-methyl/N-ethyl adjacent to an activating group) is 1. The van der Waals surface area contributed by atoms with Crippen molar-refractivity contribution >= 4 is 22.6 Å². The van der Waals surface area contributed by atoms with Gasteiger partial charge in [-0.2, -0.15) is 0 Å². The highest BCUT2D eigenvalue weighted by molar-refractivity contribution is 6.07. The van der Waals surface area contributed by atoms with Crippen LogP contribution in [0, 0.1) is 12.8 Å². The summed E-state index contributed by atoms with van der Waals surface area (Å²) >= 11 is 0. The van der Waals surface area contributed by atoms with Gasteiger partial charge < -0.3 is 20.1 Å². The van der Waals surface area contributed by atoms with Gasteiger partial charge in [0.15, 0.2) is 0 Å². The topological polar surface area (TPSA) is 83.4 Å². The van der Waals surface area contributed by atoms with Crippen molar-refractivity contribution in [2.45, 2.75) is 45.2 Å². The molecular formula is C29H34N4O3. The number of pyridine rings is 1. The molecule has 0 bridgehead atoms. The molecule has 2 saturated carbocycles. The van der Waals surface area contributed by atoms with Crippen molar-refractivity contribution in [3.63, 3.8) is 0 Å². The van der Waals surface area contributed by atoms with Gasteiger partial charge in [-0.05, 0) is 93.6 Å². The van der Waals surface area contributed by atoms with E-state index in [9.17, 15) is 14.4 Å². The largest absolute Gasteiger partial charge is 0.351 e. The summed E-state index contributed by atoms with van der Waals surface area (Å²) in [7, 11) is 3.93. The monoisotopic (exact) mass is 486 g/mol. The van der Waals surface area contributed by atoms with Crippen molar-refractivity contribution in [3.05, 3.63) is 69.6 Å². The maximum absolute atomic E-state index is 13.3. The summed E-state index contributed by atoms with van der Waals surface area (Å²) in [5.41, 5.74) is 3.87. The van der Waals surface area contributed by atoms with Gasteiger partial charge in [-0.3, -0.25) is 14.4 Å². The molecule has 3 aromatic rings. The van der Waals surface area contributed by atoms with Crippen LogP contribution in [0.4, 0.5) is 0 Å². The number of fused-ring (bicyclic) bond motifs is 1. The number of aromatic nitrogens is 1. The molecular weight excluding hydrogens is 452 g/mol. The molecule has 188 valence electrons. The minimum atomic E-state index is -0.183. The predicted molar refractivity (Wildman–Crippen MR) is 142 cm³/mol. The van der Waals surface area contributed by atoms with E-state index < -0.39 is 0 Å². The molecule has 0 radical (unpaired) electrons. The van der Waals surface area contributed by atoms with Gasteiger partial charge in [0, 0.05) is 48.2 Å². The summed E-state index contributed by atoms with van der Waals surface area (Å²) in [6.45, 7) is 3.90.